The highest BCUT2D eigenvalue weighted by Gasteiger charge is 2.35. The number of carbonyl (C=O) groups excluding carboxylic acids is 3. The number of hydrogen-bond acceptors (Lipinski definition) is 3. The molecule has 222 valence electrons. The molecule has 3 N–H and O–H groups in total. The number of alkyl halides is 3. The van der Waals surface area contributed by atoms with Gasteiger partial charge in [-0.05, 0) is 55.0 Å². The van der Waals surface area contributed by atoms with Gasteiger partial charge >= 0.3 is 6.18 Å². The predicted molar refractivity (Wildman–Crippen MR) is 148 cm³/mol. The predicted octanol–water partition coefficient (Wildman–Crippen LogP) is 6.15. The van der Waals surface area contributed by atoms with Gasteiger partial charge < -0.3 is 20.5 Å². The van der Waals surface area contributed by atoms with Crippen molar-refractivity contribution in [3.05, 3.63) is 123 Å². The number of hydrogen-bond donors (Lipinski definition) is 3. The fourth-order valence-electron chi connectivity index (χ4n) is 4.77. The molecule has 0 spiro atoms. The zero-order valence-electron chi connectivity index (χ0n) is 22.3. The van der Waals surface area contributed by atoms with E-state index in [4.69, 9.17) is 11.6 Å². The molecule has 0 aliphatic carbocycles. The lowest BCUT2D eigenvalue weighted by atomic mass is 10.0. The smallest absolute Gasteiger partial charge is 0.347 e. The van der Waals surface area contributed by atoms with Crippen LogP contribution in [0, 0.1) is 18.6 Å². The minimum atomic E-state index is -4.92. The summed E-state index contributed by atoms with van der Waals surface area (Å²) in [7, 11) is 0. The Hall–Kier alpha value is -4.71. The van der Waals surface area contributed by atoms with Gasteiger partial charge in [0.05, 0.1) is 23.0 Å². The van der Waals surface area contributed by atoms with E-state index in [2.05, 4.69) is 16.0 Å². The molecule has 1 aliphatic heterocycles. The number of aryl methyl sites for hydroxylation is 1. The van der Waals surface area contributed by atoms with Crippen molar-refractivity contribution < 1.29 is 36.3 Å². The topological polar surface area (TPSA) is 92.2 Å². The van der Waals surface area contributed by atoms with Gasteiger partial charge in [-0.2, -0.15) is 13.2 Å². The molecule has 4 aromatic rings. The van der Waals surface area contributed by atoms with Crippen molar-refractivity contribution in [2.75, 3.05) is 5.32 Å². The molecule has 5 rings (SSSR count). The van der Waals surface area contributed by atoms with Crippen LogP contribution >= 0.6 is 11.6 Å². The molecule has 0 bridgehead atoms. The van der Waals surface area contributed by atoms with E-state index in [-0.39, 0.29) is 46.8 Å². The molecule has 13 heteroatoms. The summed E-state index contributed by atoms with van der Waals surface area (Å²) in [6.07, 6.45) is -4.92. The first-order valence-corrected chi connectivity index (χ1v) is 13.2. The van der Waals surface area contributed by atoms with Crippen LogP contribution in [0.25, 0.3) is 0 Å². The first-order valence-electron chi connectivity index (χ1n) is 12.8. The first-order chi connectivity index (χ1) is 20.3. The average molecular weight is 617 g/mol. The van der Waals surface area contributed by atoms with Gasteiger partial charge in [-0.3, -0.25) is 14.4 Å². The molecule has 3 amide bonds. The number of amides is 3. The Bertz CT molecular complexity index is 1750. The largest absolute Gasteiger partial charge is 0.416 e. The molecule has 0 saturated heterocycles. The first kappa shape index (κ1) is 29.8. The van der Waals surface area contributed by atoms with Crippen LogP contribution in [0.2, 0.25) is 5.02 Å². The summed E-state index contributed by atoms with van der Waals surface area (Å²) in [5, 5.41) is 7.89. The summed E-state index contributed by atoms with van der Waals surface area (Å²) in [4.78, 5) is 39.3. The van der Waals surface area contributed by atoms with E-state index in [0.717, 1.165) is 23.3 Å². The van der Waals surface area contributed by atoms with Crippen LogP contribution in [0.3, 0.4) is 0 Å². The Morgan fingerprint density at radius 1 is 0.977 bits per heavy atom. The molecule has 3 aromatic carbocycles. The molecule has 1 aliphatic rings. The molecule has 1 unspecified atom stereocenters. The van der Waals surface area contributed by atoms with Gasteiger partial charge in [-0.15, -0.1) is 0 Å². The number of rotatable bonds is 6. The maximum absolute atomic E-state index is 14.3. The second-order valence-corrected chi connectivity index (χ2v) is 10.3. The number of anilines is 1. The summed E-state index contributed by atoms with van der Waals surface area (Å²) in [5.41, 5.74) is -0.165. The molecule has 1 atom stereocenters. The van der Waals surface area contributed by atoms with E-state index in [9.17, 15) is 36.3 Å². The van der Waals surface area contributed by atoms with Gasteiger partial charge in [-0.25, -0.2) is 8.78 Å². The van der Waals surface area contributed by atoms with Crippen molar-refractivity contribution in [2.24, 2.45) is 0 Å². The lowest BCUT2D eigenvalue weighted by Gasteiger charge is -2.29. The maximum Gasteiger partial charge on any atom is 0.416 e. The lowest BCUT2D eigenvalue weighted by Crippen LogP contribution is -2.41. The van der Waals surface area contributed by atoms with E-state index in [1.165, 1.54) is 16.7 Å². The van der Waals surface area contributed by atoms with Crippen molar-refractivity contribution in [2.45, 2.75) is 32.2 Å². The summed E-state index contributed by atoms with van der Waals surface area (Å²) in [6.45, 7) is 1.65. The van der Waals surface area contributed by atoms with E-state index in [1.54, 1.807) is 0 Å². The van der Waals surface area contributed by atoms with Gasteiger partial charge in [0.25, 0.3) is 11.8 Å². The third kappa shape index (κ3) is 6.38. The summed E-state index contributed by atoms with van der Waals surface area (Å²) in [6, 6.07) is 12.2. The monoisotopic (exact) mass is 616 g/mol. The molecular formula is C30H22ClF5N4O3. The summed E-state index contributed by atoms with van der Waals surface area (Å²) < 4.78 is 69.5. The second kappa shape index (κ2) is 11.5. The van der Waals surface area contributed by atoms with Gasteiger partial charge in [0.15, 0.2) is 0 Å². The molecule has 0 radical (unpaired) electrons. The number of nitrogens with zero attached hydrogens (tertiary/aromatic N) is 1. The van der Waals surface area contributed by atoms with Crippen LogP contribution in [-0.2, 0) is 24.1 Å². The van der Waals surface area contributed by atoms with E-state index in [1.807, 2.05) is 31.2 Å². The quantitative estimate of drug-likeness (QED) is 0.227. The maximum atomic E-state index is 14.3. The molecule has 0 saturated carbocycles. The van der Waals surface area contributed by atoms with Crippen molar-refractivity contribution in [1.29, 1.82) is 0 Å². The van der Waals surface area contributed by atoms with Crippen molar-refractivity contribution in [1.82, 2.24) is 15.2 Å². The van der Waals surface area contributed by atoms with Crippen LogP contribution in [0.15, 0.2) is 66.7 Å². The Balaban J connectivity index is 1.57. The van der Waals surface area contributed by atoms with Crippen molar-refractivity contribution >= 4 is 35.0 Å². The number of aromatic nitrogens is 1. The van der Waals surface area contributed by atoms with Crippen LogP contribution in [-0.4, -0.2) is 22.3 Å². The van der Waals surface area contributed by atoms with Gasteiger partial charge in [-0.1, -0.05) is 41.4 Å². The minimum Gasteiger partial charge on any atom is -0.347 e. The van der Waals surface area contributed by atoms with E-state index >= 15 is 0 Å². The standard InChI is InChI=1S/C30H22ClF5N4O3/c1-15-2-4-16(5-3-15)13-37-29(43)24-12-23(38-28(42)17-8-18(30(34,35)36)10-20(33)9-17)27-26(39-25(41)14-40(24)27)21-11-19(32)6-7-22(21)31/h2-12,26H,13-14H2,1H3,(H,37,43)(H,38,42)(H,39,41). The highest BCUT2D eigenvalue weighted by atomic mass is 35.5. The van der Waals surface area contributed by atoms with Crippen molar-refractivity contribution in [3.8, 4) is 0 Å². The lowest BCUT2D eigenvalue weighted by molar-refractivity contribution is -0.137. The fraction of sp³-hybridized carbons (Fsp3) is 0.167. The number of fused-ring (bicyclic) bond motifs is 1. The summed E-state index contributed by atoms with van der Waals surface area (Å²) >= 11 is 6.33. The summed E-state index contributed by atoms with van der Waals surface area (Å²) in [5.74, 6) is -4.28. The average Bonchev–Trinajstić information content (AvgIpc) is 3.30. The van der Waals surface area contributed by atoms with E-state index < -0.39 is 52.7 Å². The number of carbonyl (C=O) groups is 3. The van der Waals surface area contributed by atoms with Gasteiger partial charge in [0.2, 0.25) is 5.91 Å². The highest BCUT2D eigenvalue weighted by Crippen LogP contribution is 2.38. The molecule has 1 aromatic heterocycles. The molecule has 0 fully saturated rings. The Kier molecular flexibility index (Phi) is 7.98. The number of nitrogens with one attached hydrogen (secondary N) is 3. The minimum absolute atomic E-state index is 0.0592. The Morgan fingerprint density at radius 3 is 2.40 bits per heavy atom. The number of benzene rings is 3. The normalized spacial score (nSPS) is 14.6. The van der Waals surface area contributed by atoms with Gasteiger partial charge in [0.1, 0.15) is 23.9 Å². The zero-order valence-corrected chi connectivity index (χ0v) is 23.0. The SMILES string of the molecule is Cc1ccc(CNC(=O)c2cc(NC(=O)c3cc(F)cc(C(F)(F)F)c3)c3n2CC(=O)NC3c2cc(F)ccc2Cl)cc1. The van der Waals surface area contributed by atoms with Crippen LogP contribution in [0.4, 0.5) is 27.6 Å². The molecule has 7 nitrogen and oxygen atoms in total. The molecule has 43 heavy (non-hydrogen) atoms. The highest BCUT2D eigenvalue weighted by molar-refractivity contribution is 6.31. The van der Waals surface area contributed by atoms with Gasteiger partial charge in [0, 0.05) is 22.7 Å². The van der Waals surface area contributed by atoms with E-state index in [0.29, 0.717) is 12.1 Å². The Labute approximate surface area is 246 Å². The third-order valence-electron chi connectivity index (χ3n) is 6.83. The third-order valence-corrected chi connectivity index (χ3v) is 7.17. The van der Waals surface area contributed by atoms with Crippen LogP contribution in [0.5, 0.6) is 0 Å². The molecular weight excluding hydrogens is 595 g/mol. The number of halogens is 6. The van der Waals surface area contributed by atoms with Crippen molar-refractivity contribution in [3.63, 3.8) is 0 Å². The van der Waals surface area contributed by atoms with Crippen LogP contribution < -0.4 is 16.0 Å². The zero-order chi connectivity index (χ0) is 31.1. The molecule has 2 heterocycles. The fourth-order valence-corrected chi connectivity index (χ4v) is 5.00. The Morgan fingerprint density at radius 2 is 1.70 bits per heavy atom. The van der Waals surface area contributed by atoms with Crippen LogP contribution in [0.1, 0.15) is 54.8 Å². The second-order valence-electron chi connectivity index (χ2n) is 9.93.